The van der Waals surface area contributed by atoms with E-state index in [0.717, 1.165) is 17.9 Å². The van der Waals surface area contributed by atoms with Crippen molar-refractivity contribution in [3.8, 4) is 11.5 Å². The topological polar surface area (TPSA) is 40.0 Å². The number of hydrogen-bond acceptors (Lipinski definition) is 4. The second-order valence-corrected chi connectivity index (χ2v) is 5.76. The lowest BCUT2D eigenvalue weighted by Gasteiger charge is -2.11. The van der Waals surface area contributed by atoms with Crippen LogP contribution >= 0.6 is 27.5 Å². The summed E-state index contributed by atoms with van der Waals surface area (Å²) in [5.74, 6) is -0.531. The van der Waals surface area contributed by atoms with Crippen molar-refractivity contribution in [2.45, 2.75) is 20.3 Å². The molecular formula is C15H17BrClF2NO3. The average Bonchev–Trinajstić information content (AvgIpc) is 2.44. The second kappa shape index (κ2) is 10.4. The molecule has 23 heavy (non-hydrogen) atoms. The highest BCUT2D eigenvalue weighted by Gasteiger charge is 2.12. The maximum Gasteiger partial charge on any atom is 0.173 e. The van der Waals surface area contributed by atoms with Gasteiger partial charge in [-0.15, -0.1) is 0 Å². The SMILES string of the molecule is CC(C)=NOCCCOc1c(F)cc(OC/C=C(\F)Br)cc1Cl. The van der Waals surface area contributed by atoms with Crippen molar-refractivity contribution in [1.82, 2.24) is 0 Å². The van der Waals surface area contributed by atoms with E-state index in [1.165, 1.54) is 6.07 Å². The summed E-state index contributed by atoms with van der Waals surface area (Å²) < 4.78 is 36.3. The largest absolute Gasteiger partial charge is 0.489 e. The quantitative estimate of drug-likeness (QED) is 0.316. The fourth-order valence-corrected chi connectivity index (χ4v) is 1.82. The zero-order chi connectivity index (χ0) is 17.2. The van der Waals surface area contributed by atoms with Crippen LogP contribution in [-0.4, -0.2) is 25.5 Å². The molecule has 0 bridgehead atoms. The third kappa shape index (κ3) is 8.18. The number of rotatable bonds is 9. The Morgan fingerprint density at radius 2 is 2.04 bits per heavy atom. The molecule has 0 spiro atoms. The van der Waals surface area contributed by atoms with Crippen molar-refractivity contribution in [3.63, 3.8) is 0 Å². The zero-order valence-electron chi connectivity index (χ0n) is 12.7. The number of oxime groups is 1. The summed E-state index contributed by atoms with van der Waals surface area (Å²) in [6.07, 6.45) is 1.68. The Balaban J connectivity index is 2.50. The van der Waals surface area contributed by atoms with E-state index in [0.29, 0.717) is 13.0 Å². The average molecular weight is 413 g/mol. The molecule has 0 saturated carbocycles. The predicted molar refractivity (Wildman–Crippen MR) is 89.9 cm³/mol. The van der Waals surface area contributed by atoms with Gasteiger partial charge in [0, 0.05) is 18.6 Å². The molecule has 0 heterocycles. The molecule has 0 atom stereocenters. The Bertz CT molecular complexity index is 551. The Kier molecular flexibility index (Phi) is 8.94. The highest BCUT2D eigenvalue weighted by molar-refractivity contribution is 9.11. The molecule has 0 aliphatic heterocycles. The van der Waals surface area contributed by atoms with Gasteiger partial charge in [0.1, 0.15) is 19.0 Å². The molecule has 0 aliphatic carbocycles. The van der Waals surface area contributed by atoms with Gasteiger partial charge in [-0.25, -0.2) is 4.39 Å². The van der Waals surface area contributed by atoms with Crippen LogP contribution in [0.2, 0.25) is 5.02 Å². The summed E-state index contributed by atoms with van der Waals surface area (Å²) in [6, 6.07) is 2.53. The van der Waals surface area contributed by atoms with Gasteiger partial charge in [0.05, 0.1) is 17.3 Å². The third-order valence-corrected chi connectivity index (χ3v) is 2.94. The molecule has 1 aromatic rings. The lowest BCUT2D eigenvalue weighted by molar-refractivity contribution is 0.126. The lowest BCUT2D eigenvalue weighted by Crippen LogP contribution is -2.04. The maximum atomic E-state index is 13.9. The molecule has 0 aliphatic rings. The molecule has 0 N–H and O–H groups in total. The molecule has 0 fully saturated rings. The molecule has 0 saturated heterocycles. The first-order valence-electron chi connectivity index (χ1n) is 6.79. The van der Waals surface area contributed by atoms with Gasteiger partial charge in [0.25, 0.3) is 0 Å². The monoisotopic (exact) mass is 411 g/mol. The van der Waals surface area contributed by atoms with Crippen molar-refractivity contribution in [2.24, 2.45) is 5.16 Å². The first-order valence-corrected chi connectivity index (χ1v) is 7.96. The highest BCUT2D eigenvalue weighted by Crippen LogP contribution is 2.32. The molecule has 0 unspecified atom stereocenters. The first kappa shape index (κ1) is 19.7. The van der Waals surface area contributed by atoms with Crippen LogP contribution < -0.4 is 9.47 Å². The van der Waals surface area contributed by atoms with Crippen LogP contribution in [0.25, 0.3) is 0 Å². The van der Waals surface area contributed by atoms with Crippen molar-refractivity contribution in [3.05, 3.63) is 33.8 Å². The molecule has 1 rings (SSSR count). The Hall–Kier alpha value is -1.34. The van der Waals surface area contributed by atoms with Crippen LogP contribution in [0.3, 0.4) is 0 Å². The third-order valence-electron chi connectivity index (χ3n) is 2.33. The fourth-order valence-electron chi connectivity index (χ4n) is 1.43. The number of ether oxygens (including phenoxy) is 2. The summed E-state index contributed by atoms with van der Waals surface area (Å²) in [6.45, 7) is 4.17. The summed E-state index contributed by atoms with van der Waals surface area (Å²) in [5, 5.41) is 3.84. The minimum atomic E-state index is -0.654. The van der Waals surface area contributed by atoms with E-state index < -0.39 is 10.6 Å². The number of hydrogen-bond donors (Lipinski definition) is 0. The van der Waals surface area contributed by atoms with Crippen LogP contribution in [0, 0.1) is 5.82 Å². The van der Waals surface area contributed by atoms with Crippen molar-refractivity contribution in [2.75, 3.05) is 19.8 Å². The normalized spacial score (nSPS) is 11.1. The zero-order valence-corrected chi connectivity index (χ0v) is 15.1. The van der Waals surface area contributed by atoms with Crippen LogP contribution in [0.5, 0.6) is 11.5 Å². The van der Waals surface area contributed by atoms with Crippen molar-refractivity contribution in [1.29, 1.82) is 0 Å². The van der Waals surface area contributed by atoms with E-state index in [-0.39, 0.29) is 29.7 Å². The van der Waals surface area contributed by atoms with Gasteiger partial charge in [0.2, 0.25) is 0 Å². The van der Waals surface area contributed by atoms with Gasteiger partial charge < -0.3 is 14.3 Å². The summed E-state index contributed by atoms with van der Waals surface area (Å²) in [7, 11) is 0. The maximum absolute atomic E-state index is 13.9. The van der Waals surface area contributed by atoms with Gasteiger partial charge in [-0.05, 0) is 35.9 Å². The summed E-state index contributed by atoms with van der Waals surface area (Å²) >= 11 is 8.58. The summed E-state index contributed by atoms with van der Waals surface area (Å²) in [5.41, 5.74) is 0.810. The Morgan fingerprint density at radius 1 is 1.30 bits per heavy atom. The van der Waals surface area contributed by atoms with E-state index >= 15 is 0 Å². The van der Waals surface area contributed by atoms with Crippen LogP contribution in [-0.2, 0) is 4.84 Å². The van der Waals surface area contributed by atoms with Crippen molar-refractivity contribution >= 4 is 33.2 Å². The molecule has 1 aromatic carbocycles. The Labute approximate surface area is 147 Å². The number of benzene rings is 1. The molecular weight excluding hydrogens is 396 g/mol. The van der Waals surface area contributed by atoms with Crippen LogP contribution in [0.4, 0.5) is 8.78 Å². The minimum Gasteiger partial charge on any atom is -0.489 e. The van der Waals surface area contributed by atoms with Gasteiger partial charge in [-0.1, -0.05) is 16.8 Å². The van der Waals surface area contributed by atoms with E-state index in [1.54, 1.807) is 0 Å². The molecule has 8 heteroatoms. The lowest BCUT2D eigenvalue weighted by atomic mass is 10.3. The first-order chi connectivity index (χ1) is 10.9. The number of nitrogens with zero attached hydrogens (tertiary/aromatic N) is 1. The Morgan fingerprint density at radius 3 is 2.65 bits per heavy atom. The molecule has 0 radical (unpaired) electrons. The fraction of sp³-hybridized carbons (Fsp3) is 0.400. The van der Waals surface area contributed by atoms with Gasteiger partial charge in [0.15, 0.2) is 16.3 Å². The van der Waals surface area contributed by atoms with E-state index in [1.807, 2.05) is 13.8 Å². The summed E-state index contributed by atoms with van der Waals surface area (Å²) in [4.78, 5) is 5.00. The minimum absolute atomic E-state index is 0.0538. The molecule has 128 valence electrons. The second-order valence-electron chi connectivity index (χ2n) is 4.59. The molecule has 0 amide bonds. The van der Waals surface area contributed by atoms with Crippen LogP contribution in [0.1, 0.15) is 20.3 Å². The predicted octanol–water partition coefficient (Wildman–Crippen LogP) is 5.25. The van der Waals surface area contributed by atoms with E-state index in [2.05, 4.69) is 21.1 Å². The molecule has 0 aromatic heterocycles. The highest BCUT2D eigenvalue weighted by atomic mass is 79.9. The molecule has 4 nitrogen and oxygen atoms in total. The van der Waals surface area contributed by atoms with Gasteiger partial charge in [-0.3, -0.25) is 0 Å². The van der Waals surface area contributed by atoms with Crippen LogP contribution in [0.15, 0.2) is 28.1 Å². The standard InChI is InChI=1S/C15H17BrClF2NO3/c1-10(2)20-23-6-3-5-22-15-12(17)8-11(9-13(15)18)21-7-4-14(16)19/h4,8-9H,3,5-7H2,1-2H3/b14-4-. The smallest absolute Gasteiger partial charge is 0.173 e. The van der Waals surface area contributed by atoms with Gasteiger partial charge >= 0.3 is 0 Å². The van der Waals surface area contributed by atoms with Crippen molar-refractivity contribution < 1.29 is 23.1 Å². The number of halogens is 4. The van der Waals surface area contributed by atoms with E-state index in [9.17, 15) is 8.78 Å². The van der Waals surface area contributed by atoms with E-state index in [4.69, 9.17) is 25.9 Å². The van der Waals surface area contributed by atoms with Gasteiger partial charge in [-0.2, -0.15) is 4.39 Å².